The summed E-state index contributed by atoms with van der Waals surface area (Å²) >= 11 is 0. The third-order valence-electron chi connectivity index (χ3n) is 5.77. The van der Waals surface area contributed by atoms with Crippen LogP contribution in [-0.4, -0.2) is 55.7 Å². The maximum Gasteiger partial charge on any atom is 0.328 e. The van der Waals surface area contributed by atoms with Gasteiger partial charge in [-0.2, -0.15) is 0 Å². The van der Waals surface area contributed by atoms with Crippen molar-refractivity contribution in [2.24, 2.45) is 0 Å². The van der Waals surface area contributed by atoms with E-state index >= 15 is 0 Å². The van der Waals surface area contributed by atoms with Crippen LogP contribution >= 0.6 is 0 Å². The van der Waals surface area contributed by atoms with E-state index in [1.807, 2.05) is 60.7 Å². The van der Waals surface area contributed by atoms with Crippen molar-refractivity contribution in [3.05, 3.63) is 71.8 Å². The normalized spacial score (nSPS) is 15.7. The van der Waals surface area contributed by atoms with Gasteiger partial charge in [0.2, 0.25) is 11.8 Å². The molecule has 0 bridgehead atoms. The van der Waals surface area contributed by atoms with Crippen LogP contribution in [-0.2, 0) is 36.9 Å². The minimum atomic E-state index is -1.13. The lowest BCUT2D eigenvalue weighted by Gasteiger charge is -2.37. The van der Waals surface area contributed by atoms with Crippen molar-refractivity contribution in [2.75, 3.05) is 26.3 Å². The monoisotopic (exact) mass is 467 g/mol. The highest BCUT2D eigenvalue weighted by atomic mass is 16.5. The quantitative estimate of drug-likeness (QED) is 0.435. The number of amides is 2. The molecule has 3 N–H and O–H groups in total. The molecule has 1 heterocycles. The number of rotatable bonds is 11. The van der Waals surface area contributed by atoms with Crippen molar-refractivity contribution in [1.82, 2.24) is 16.0 Å². The lowest BCUT2D eigenvalue weighted by atomic mass is 9.86. The summed E-state index contributed by atoms with van der Waals surface area (Å²) < 4.78 is 10.7. The van der Waals surface area contributed by atoms with Crippen molar-refractivity contribution < 1.29 is 23.9 Å². The molecule has 182 valence electrons. The van der Waals surface area contributed by atoms with E-state index in [1.54, 1.807) is 6.92 Å². The van der Waals surface area contributed by atoms with E-state index in [1.165, 1.54) is 0 Å². The molecule has 0 saturated carbocycles. The van der Waals surface area contributed by atoms with E-state index < -0.39 is 17.6 Å². The molecule has 0 aromatic heterocycles. The summed E-state index contributed by atoms with van der Waals surface area (Å²) in [5, 5.41) is 8.96. The second-order valence-electron chi connectivity index (χ2n) is 8.33. The summed E-state index contributed by atoms with van der Waals surface area (Å²) in [6.45, 7) is 3.22. The number of hydrogen-bond acceptors (Lipinski definition) is 6. The van der Waals surface area contributed by atoms with Gasteiger partial charge in [0.1, 0.15) is 18.2 Å². The molecular weight excluding hydrogens is 434 g/mol. The molecule has 3 rings (SSSR count). The lowest BCUT2D eigenvalue weighted by Crippen LogP contribution is -2.65. The first-order chi connectivity index (χ1) is 16.5. The highest BCUT2D eigenvalue weighted by Gasteiger charge is 2.42. The van der Waals surface area contributed by atoms with Gasteiger partial charge in [0.25, 0.3) is 0 Å². The summed E-state index contributed by atoms with van der Waals surface area (Å²) in [4.78, 5) is 38.8. The minimum absolute atomic E-state index is 0.164. The third kappa shape index (κ3) is 7.40. The molecule has 2 aromatic carbocycles. The Labute approximate surface area is 200 Å². The first-order valence-corrected chi connectivity index (χ1v) is 11.7. The lowest BCUT2D eigenvalue weighted by molar-refractivity contribution is -0.148. The molecule has 0 spiro atoms. The fourth-order valence-corrected chi connectivity index (χ4v) is 3.98. The van der Waals surface area contributed by atoms with Gasteiger partial charge < -0.3 is 25.4 Å². The second-order valence-corrected chi connectivity index (χ2v) is 8.33. The fourth-order valence-electron chi connectivity index (χ4n) is 3.98. The summed E-state index contributed by atoms with van der Waals surface area (Å²) in [5.74, 6) is -1.26. The summed E-state index contributed by atoms with van der Waals surface area (Å²) in [6.07, 6.45) is 1.11. The Morgan fingerprint density at radius 2 is 1.59 bits per heavy atom. The van der Waals surface area contributed by atoms with Crippen molar-refractivity contribution in [3.8, 4) is 0 Å². The summed E-state index contributed by atoms with van der Waals surface area (Å²) in [7, 11) is 0. The largest absolute Gasteiger partial charge is 0.464 e. The van der Waals surface area contributed by atoms with Crippen LogP contribution in [0.2, 0.25) is 0 Å². The predicted octanol–water partition coefficient (Wildman–Crippen LogP) is 1.73. The van der Waals surface area contributed by atoms with Crippen molar-refractivity contribution in [1.29, 1.82) is 0 Å². The molecule has 1 aliphatic heterocycles. The van der Waals surface area contributed by atoms with Gasteiger partial charge in [-0.15, -0.1) is 0 Å². The average molecular weight is 468 g/mol. The Morgan fingerprint density at radius 1 is 0.971 bits per heavy atom. The van der Waals surface area contributed by atoms with Crippen molar-refractivity contribution in [3.63, 3.8) is 0 Å². The van der Waals surface area contributed by atoms with Crippen LogP contribution in [0.25, 0.3) is 0 Å². The number of benzene rings is 2. The third-order valence-corrected chi connectivity index (χ3v) is 5.77. The van der Waals surface area contributed by atoms with Crippen LogP contribution in [0.5, 0.6) is 0 Å². The summed E-state index contributed by atoms with van der Waals surface area (Å²) in [5.41, 5.74) is 0.737. The Kier molecular flexibility index (Phi) is 9.61. The molecule has 0 aliphatic carbocycles. The molecule has 0 radical (unpaired) electrons. The zero-order valence-electron chi connectivity index (χ0n) is 19.5. The van der Waals surface area contributed by atoms with E-state index in [4.69, 9.17) is 9.47 Å². The maximum atomic E-state index is 13.5. The van der Waals surface area contributed by atoms with Gasteiger partial charge in [-0.3, -0.25) is 9.59 Å². The fraction of sp³-hybridized carbons (Fsp3) is 0.423. The molecule has 2 amide bonds. The van der Waals surface area contributed by atoms with Gasteiger partial charge in [-0.05, 0) is 44.0 Å². The predicted molar refractivity (Wildman–Crippen MR) is 128 cm³/mol. The highest BCUT2D eigenvalue weighted by molar-refractivity contribution is 5.94. The zero-order chi connectivity index (χ0) is 24.2. The molecule has 1 saturated heterocycles. The molecule has 1 fully saturated rings. The van der Waals surface area contributed by atoms with Gasteiger partial charge in [0.05, 0.1) is 13.2 Å². The number of carbonyl (C=O) groups excluding carboxylic acids is 3. The van der Waals surface area contributed by atoms with Crippen molar-refractivity contribution in [2.45, 2.75) is 44.4 Å². The first-order valence-electron chi connectivity index (χ1n) is 11.7. The van der Waals surface area contributed by atoms with Crippen LogP contribution in [0.1, 0.15) is 30.9 Å². The van der Waals surface area contributed by atoms with E-state index in [2.05, 4.69) is 16.0 Å². The van der Waals surface area contributed by atoms with Crippen molar-refractivity contribution >= 4 is 17.8 Å². The minimum Gasteiger partial charge on any atom is -0.464 e. The van der Waals surface area contributed by atoms with Crippen LogP contribution in [0.4, 0.5) is 0 Å². The second kappa shape index (κ2) is 12.9. The number of nitrogens with one attached hydrogen (secondary N) is 3. The molecule has 8 heteroatoms. The Bertz CT molecular complexity index is 930. The van der Waals surface area contributed by atoms with Crippen LogP contribution in [0, 0.1) is 0 Å². The Morgan fingerprint density at radius 3 is 2.21 bits per heavy atom. The molecular formula is C26H33N3O5. The maximum absolute atomic E-state index is 13.5. The first kappa shape index (κ1) is 25.4. The van der Waals surface area contributed by atoms with Crippen LogP contribution < -0.4 is 16.0 Å². The SMILES string of the molecule is CCOC(=O)C(Cc1ccccc1)NC(=O)C1(NC(=O)COCc2ccccc2)CCNCC1. The highest BCUT2D eigenvalue weighted by Crippen LogP contribution is 2.20. The van der Waals surface area contributed by atoms with Crippen LogP contribution in [0.3, 0.4) is 0 Å². The van der Waals surface area contributed by atoms with Gasteiger partial charge in [0.15, 0.2) is 0 Å². The number of esters is 1. The average Bonchev–Trinajstić information content (AvgIpc) is 2.85. The van der Waals surface area contributed by atoms with Gasteiger partial charge in [-0.25, -0.2) is 4.79 Å². The molecule has 2 aromatic rings. The Balaban J connectivity index is 1.65. The van der Waals surface area contributed by atoms with Gasteiger partial charge >= 0.3 is 5.97 Å². The summed E-state index contributed by atoms with van der Waals surface area (Å²) in [6, 6.07) is 18.1. The van der Waals surface area contributed by atoms with Crippen LogP contribution in [0.15, 0.2) is 60.7 Å². The number of piperidine rings is 1. The van der Waals surface area contributed by atoms with Gasteiger partial charge in [0, 0.05) is 6.42 Å². The standard InChI is InChI=1S/C26H33N3O5/c1-2-34-24(31)22(17-20-9-5-3-6-10-20)28-25(32)26(13-15-27-16-14-26)29-23(30)19-33-18-21-11-7-4-8-12-21/h3-12,22,27H,2,13-19H2,1H3,(H,28,32)(H,29,30). The molecule has 34 heavy (non-hydrogen) atoms. The molecule has 1 aliphatic rings. The number of hydrogen-bond donors (Lipinski definition) is 3. The van der Waals surface area contributed by atoms with E-state index in [-0.39, 0.29) is 25.0 Å². The molecule has 1 atom stereocenters. The number of carbonyl (C=O) groups is 3. The number of ether oxygens (including phenoxy) is 2. The van der Waals surface area contributed by atoms with Gasteiger partial charge in [-0.1, -0.05) is 60.7 Å². The molecule has 8 nitrogen and oxygen atoms in total. The van der Waals surface area contributed by atoms with E-state index in [9.17, 15) is 14.4 Å². The topological polar surface area (TPSA) is 106 Å². The smallest absolute Gasteiger partial charge is 0.328 e. The Hall–Kier alpha value is -3.23. The van der Waals surface area contributed by atoms with E-state index in [0.717, 1.165) is 11.1 Å². The zero-order valence-corrected chi connectivity index (χ0v) is 19.5. The van der Waals surface area contributed by atoms with E-state index in [0.29, 0.717) is 39.0 Å². The molecule has 1 unspecified atom stereocenters.